The van der Waals surface area contributed by atoms with E-state index in [1.807, 2.05) is 0 Å². The van der Waals surface area contributed by atoms with Gasteiger partial charge >= 0.3 is 11.3 Å². The predicted molar refractivity (Wildman–Crippen MR) is 171 cm³/mol. The molecule has 2 unspecified atom stereocenters. The summed E-state index contributed by atoms with van der Waals surface area (Å²) in [7, 11) is 0. The highest BCUT2D eigenvalue weighted by Gasteiger charge is 2.49. The highest BCUT2D eigenvalue weighted by Crippen LogP contribution is 2.42. The van der Waals surface area contributed by atoms with Crippen LogP contribution in [-0.4, -0.2) is 172 Å². The van der Waals surface area contributed by atoms with Gasteiger partial charge in [0.05, 0.1) is 30.9 Å². The van der Waals surface area contributed by atoms with Crippen LogP contribution < -0.4 is 4.74 Å². The second-order valence-electron chi connectivity index (χ2n) is 13.0. The summed E-state index contributed by atoms with van der Waals surface area (Å²) in [6, 6.07) is 7.03. The summed E-state index contributed by atoms with van der Waals surface area (Å²) in [4.78, 5) is 0. The molecular formula is C33H41O20+. The first-order chi connectivity index (χ1) is 25.0. The lowest BCUT2D eigenvalue weighted by atomic mass is 9.98. The second-order valence-corrected chi connectivity index (χ2v) is 13.0. The molecule has 2 aromatic carbocycles. The van der Waals surface area contributed by atoms with Gasteiger partial charge in [0.25, 0.3) is 0 Å². The van der Waals surface area contributed by atoms with Gasteiger partial charge in [-0.15, -0.1) is 0 Å². The molecule has 3 aromatic rings. The van der Waals surface area contributed by atoms with Crippen LogP contribution >= 0.6 is 0 Å². The van der Waals surface area contributed by atoms with Gasteiger partial charge < -0.3 is 94.8 Å². The smallest absolute Gasteiger partial charge is 0.402 e. The molecule has 3 fully saturated rings. The van der Waals surface area contributed by atoms with Gasteiger partial charge in [0, 0.05) is 18.2 Å². The minimum absolute atomic E-state index is 0.0193. The Morgan fingerprint density at radius 1 is 0.566 bits per heavy atom. The minimum Gasteiger partial charge on any atom is -0.507 e. The molecule has 4 heterocycles. The molecule has 0 spiro atoms. The van der Waals surface area contributed by atoms with Crippen LogP contribution in [0.4, 0.5) is 0 Å². The number of hydrogen-bond donors (Lipinski definition) is 13. The summed E-state index contributed by atoms with van der Waals surface area (Å²) in [5, 5.41) is 135. The van der Waals surface area contributed by atoms with Gasteiger partial charge in [0.1, 0.15) is 84.0 Å². The van der Waals surface area contributed by atoms with Gasteiger partial charge in [-0.1, -0.05) is 0 Å². The van der Waals surface area contributed by atoms with E-state index in [1.165, 1.54) is 25.1 Å². The Bertz CT molecular complexity index is 1740. The van der Waals surface area contributed by atoms with Crippen molar-refractivity contribution in [3.63, 3.8) is 0 Å². The first kappa shape index (κ1) is 39.0. The van der Waals surface area contributed by atoms with Crippen molar-refractivity contribution < 1.29 is 99.2 Å². The third kappa shape index (κ3) is 7.78. The molecule has 6 rings (SSSR count). The molecule has 15 atom stereocenters. The van der Waals surface area contributed by atoms with Crippen LogP contribution in [0.2, 0.25) is 0 Å². The molecule has 292 valence electrons. The number of phenols is 4. The summed E-state index contributed by atoms with van der Waals surface area (Å²) in [5.74, 6) is -2.19. The van der Waals surface area contributed by atoms with Gasteiger partial charge in [0.15, 0.2) is 24.1 Å². The van der Waals surface area contributed by atoms with Crippen molar-refractivity contribution in [3.8, 4) is 40.1 Å². The molecule has 3 aliphatic rings. The summed E-state index contributed by atoms with van der Waals surface area (Å²) in [6.07, 6.45) is -24.7. The molecule has 3 aliphatic heterocycles. The number of phenolic OH excluding ortho intramolecular Hbond substituents is 4. The van der Waals surface area contributed by atoms with E-state index in [2.05, 4.69) is 0 Å². The van der Waals surface area contributed by atoms with Gasteiger partial charge in [-0.3, -0.25) is 0 Å². The first-order valence-corrected chi connectivity index (χ1v) is 16.4. The van der Waals surface area contributed by atoms with Gasteiger partial charge in [0.2, 0.25) is 12.0 Å². The standard InChI is InChI=1S/C33H40O20/c1-10-21(38)24(41)27(44)31(49-10)47-8-19-22(39)25(42)28(45)32(52-19)48-9-20-23(40)26(43)29(46)33(53-20)51-18-7-13-15(36)5-12(34)6-17(13)50-30(18)11-2-3-14(35)16(37)4-11/h2-7,10,19-29,31-33,38-46H,8-9H2,1H3,(H3-,34,35,36,37)/p+1/t10-,19+,20+,21-,22+,23+,24+,25-,26-,27+,28+,29+,31+,32?,33?/m0/s1. The number of rotatable bonds is 9. The fourth-order valence-corrected chi connectivity index (χ4v) is 6.14. The van der Waals surface area contributed by atoms with Gasteiger partial charge in [-0.25, -0.2) is 4.42 Å². The monoisotopic (exact) mass is 757 g/mol. The summed E-state index contributed by atoms with van der Waals surface area (Å²) in [5.41, 5.74) is 0.0704. The molecule has 53 heavy (non-hydrogen) atoms. The van der Waals surface area contributed by atoms with Crippen LogP contribution in [0.15, 0.2) is 40.8 Å². The number of fused-ring (bicyclic) bond motifs is 1. The molecule has 20 nitrogen and oxygen atoms in total. The Labute approximate surface area is 299 Å². The Morgan fingerprint density at radius 2 is 1.11 bits per heavy atom. The predicted octanol–water partition coefficient (Wildman–Crippen LogP) is -2.94. The van der Waals surface area contributed by atoms with Crippen LogP contribution in [0, 0.1) is 0 Å². The summed E-state index contributed by atoms with van der Waals surface area (Å²) < 4.78 is 39.5. The van der Waals surface area contributed by atoms with Crippen LogP contribution in [0.5, 0.6) is 28.7 Å². The second kappa shape index (κ2) is 15.6. The van der Waals surface area contributed by atoms with Gasteiger partial charge in [-0.05, 0) is 19.1 Å². The number of benzene rings is 2. The maximum Gasteiger partial charge on any atom is 0.402 e. The first-order valence-electron chi connectivity index (χ1n) is 16.4. The quantitative estimate of drug-likeness (QED) is 0.0767. The van der Waals surface area contributed by atoms with Crippen molar-refractivity contribution in [2.75, 3.05) is 13.2 Å². The summed E-state index contributed by atoms with van der Waals surface area (Å²) in [6.45, 7) is 0.169. The summed E-state index contributed by atoms with van der Waals surface area (Å²) >= 11 is 0. The molecule has 0 amide bonds. The van der Waals surface area contributed by atoms with E-state index < -0.39 is 123 Å². The average molecular weight is 758 g/mol. The maximum absolute atomic E-state index is 10.8. The lowest BCUT2D eigenvalue weighted by Crippen LogP contribution is -2.62. The molecule has 0 saturated carbocycles. The molecular weight excluding hydrogens is 716 g/mol. The number of hydrogen-bond acceptors (Lipinski definition) is 19. The zero-order valence-corrected chi connectivity index (χ0v) is 27.7. The van der Waals surface area contributed by atoms with Gasteiger partial charge in [-0.2, -0.15) is 0 Å². The van der Waals surface area contributed by atoms with E-state index in [4.69, 9.17) is 32.8 Å². The van der Waals surface area contributed by atoms with E-state index in [0.717, 1.165) is 18.2 Å². The fourth-order valence-electron chi connectivity index (χ4n) is 6.14. The lowest BCUT2D eigenvalue weighted by Gasteiger charge is -2.43. The van der Waals surface area contributed by atoms with E-state index in [9.17, 15) is 66.4 Å². The Hall–Kier alpha value is -3.71. The SMILES string of the molecule is C[C@@H]1O[C@@H](OC[C@H]2OC(OC[C@H]3OC(Oc4cc5c(O)cc(O)cc5[o+]c4-c4ccc(O)c(O)c4)[C@H](O)[C@@H](O)[C@@H]3O)[C@H](O)[C@@H](O)[C@@H]2O)[C@H](O)[C@H](O)[C@H]1O. The topological polar surface area (TPSA) is 330 Å². The van der Waals surface area contributed by atoms with Crippen LogP contribution in [0.1, 0.15) is 6.92 Å². The van der Waals surface area contributed by atoms with Crippen molar-refractivity contribution in [2.24, 2.45) is 0 Å². The molecule has 0 bridgehead atoms. The highest BCUT2D eigenvalue weighted by atomic mass is 16.7. The zero-order valence-electron chi connectivity index (χ0n) is 27.7. The molecule has 0 aliphatic carbocycles. The fraction of sp³-hybridized carbons (Fsp3) is 0.545. The molecule has 1 aromatic heterocycles. The van der Waals surface area contributed by atoms with Crippen molar-refractivity contribution in [1.82, 2.24) is 0 Å². The van der Waals surface area contributed by atoms with Crippen molar-refractivity contribution in [1.29, 1.82) is 0 Å². The number of aliphatic hydroxyl groups is 9. The average Bonchev–Trinajstić information content (AvgIpc) is 3.12. The molecule has 0 radical (unpaired) electrons. The largest absolute Gasteiger partial charge is 0.507 e. The normalized spacial score (nSPS) is 37.8. The van der Waals surface area contributed by atoms with E-state index >= 15 is 0 Å². The molecule has 3 saturated heterocycles. The van der Waals surface area contributed by atoms with Crippen molar-refractivity contribution >= 4 is 11.0 Å². The Kier molecular flexibility index (Phi) is 11.5. The minimum atomic E-state index is -1.92. The maximum atomic E-state index is 10.8. The van der Waals surface area contributed by atoms with Crippen molar-refractivity contribution in [2.45, 2.75) is 99.0 Å². The highest BCUT2D eigenvalue weighted by molar-refractivity contribution is 5.88. The van der Waals surface area contributed by atoms with E-state index in [0.29, 0.717) is 0 Å². The third-order valence-electron chi connectivity index (χ3n) is 9.29. The Balaban J connectivity index is 1.18. The lowest BCUT2D eigenvalue weighted by molar-refractivity contribution is -0.337. The third-order valence-corrected chi connectivity index (χ3v) is 9.29. The Morgan fingerprint density at radius 3 is 1.72 bits per heavy atom. The van der Waals surface area contributed by atoms with Crippen LogP contribution in [0.25, 0.3) is 22.3 Å². The molecule has 13 N–H and O–H groups in total. The van der Waals surface area contributed by atoms with E-state index in [-0.39, 0.29) is 33.8 Å². The zero-order chi connectivity index (χ0) is 38.5. The van der Waals surface area contributed by atoms with Crippen LogP contribution in [-0.2, 0) is 23.7 Å². The van der Waals surface area contributed by atoms with E-state index in [1.54, 1.807) is 0 Å². The molecule has 20 heteroatoms. The number of ether oxygens (including phenoxy) is 6. The number of aromatic hydroxyl groups is 4. The van der Waals surface area contributed by atoms with Crippen molar-refractivity contribution in [3.05, 3.63) is 36.4 Å². The van der Waals surface area contributed by atoms with Crippen LogP contribution in [0.3, 0.4) is 0 Å². The number of aliphatic hydroxyl groups excluding tert-OH is 9.